The maximum atomic E-state index is 13.2. The summed E-state index contributed by atoms with van der Waals surface area (Å²) >= 11 is 0. The lowest BCUT2D eigenvalue weighted by Gasteiger charge is -2.35. The van der Waals surface area contributed by atoms with Gasteiger partial charge in [-0.2, -0.15) is 0 Å². The third-order valence-corrected chi connectivity index (χ3v) is 2.47. The number of halogens is 1. The first-order valence-corrected chi connectivity index (χ1v) is 4.32. The van der Waals surface area contributed by atoms with Gasteiger partial charge in [0.2, 0.25) is 0 Å². The molecule has 1 aliphatic rings. The quantitative estimate of drug-likeness (QED) is 0.677. The molecule has 0 aromatic heterocycles. The van der Waals surface area contributed by atoms with Gasteiger partial charge in [0.25, 0.3) is 0 Å². The van der Waals surface area contributed by atoms with Crippen LogP contribution in [-0.2, 0) is 0 Å². The maximum Gasteiger partial charge on any atom is 0.107 e. The Morgan fingerprint density at radius 1 is 1.75 bits per heavy atom. The summed E-state index contributed by atoms with van der Waals surface area (Å²) in [6.45, 7) is 5.85. The standard InChI is InChI=1S/C9H16FNO/c1-3-11-5-4-8(10)9(2,6-11)7-12/h4,12H,3,5-7H2,1-2H3. The summed E-state index contributed by atoms with van der Waals surface area (Å²) in [5, 5.41) is 9.03. The van der Waals surface area contributed by atoms with Crippen LogP contribution in [0.25, 0.3) is 0 Å². The number of nitrogens with zero attached hydrogens (tertiary/aromatic N) is 1. The first-order chi connectivity index (χ1) is 5.62. The number of aliphatic hydroxyl groups is 1. The molecule has 1 heterocycles. The fourth-order valence-electron chi connectivity index (χ4n) is 1.46. The van der Waals surface area contributed by atoms with E-state index < -0.39 is 5.41 Å². The lowest BCUT2D eigenvalue weighted by Crippen LogP contribution is -2.42. The predicted molar refractivity (Wildman–Crippen MR) is 46.5 cm³/mol. The Morgan fingerprint density at radius 2 is 2.42 bits per heavy atom. The van der Waals surface area contributed by atoms with Crippen LogP contribution in [0.3, 0.4) is 0 Å². The van der Waals surface area contributed by atoms with Crippen molar-refractivity contribution >= 4 is 0 Å². The predicted octanol–water partition coefficient (Wildman–Crippen LogP) is 1.17. The van der Waals surface area contributed by atoms with Crippen molar-refractivity contribution in [2.75, 3.05) is 26.2 Å². The monoisotopic (exact) mass is 173 g/mol. The normalized spacial score (nSPS) is 31.8. The van der Waals surface area contributed by atoms with Crippen LogP contribution in [0.5, 0.6) is 0 Å². The van der Waals surface area contributed by atoms with Crippen LogP contribution >= 0.6 is 0 Å². The highest BCUT2D eigenvalue weighted by atomic mass is 19.1. The van der Waals surface area contributed by atoms with E-state index in [-0.39, 0.29) is 12.4 Å². The van der Waals surface area contributed by atoms with Crippen molar-refractivity contribution in [3.05, 3.63) is 11.9 Å². The van der Waals surface area contributed by atoms with Crippen LogP contribution in [0.15, 0.2) is 11.9 Å². The van der Waals surface area contributed by atoms with Gasteiger partial charge in [0, 0.05) is 13.1 Å². The molecule has 0 saturated heterocycles. The van der Waals surface area contributed by atoms with Gasteiger partial charge in [0.15, 0.2) is 0 Å². The minimum Gasteiger partial charge on any atom is -0.395 e. The molecule has 0 bridgehead atoms. The molecule has 1 unspecified atom stereocenters. The van der Waals surface area contributed by atoms with Crippen molar-refractivity contribution in [2.45, 2.75) is 13.8 Å². The summed E-state index contributed by atoms with van der Waals surface area (Å²) in [7, 11) is 0. The third kappa shape index (κ3) is 1.67. The summed E-state index contributed by atoms with van der Waals surface area (Å²) in [4.78, 5) is 2.11. The zero-order valence-electron chi connectivity index (χ0n) is 7.68. The third-order valence-electron chi connectivity index (χ3n) is 2.47. The summed E-state index contributed by atoms with van der Waals surface area (Å²) in [6, 6.07) is 0. The molecule has 0 aromatic carbocycles. The zero-order valence-corrected chi connectivity index (χ0v) is 7.68. The van der Waals surface area contributed by atoms with Gasteiger partial charge in [-0.1, -0.05) is 6.92 Å². The van der Waals surface area contributed by atoms with E-state index in [1.807, 2.05) is 6.92 Å². The average Bonchev–Trinajstić information content (AvgIpc) is 2.10. The summed E-state index contributed by atoms with van der Waals surface area (Å²) < 4.78 is 13.2. The van der Waals surface area contributed by atoms with Crippen molar-refractivity contribution in [1.29, 1.82) is 0 Å². The van der Waals surface area contributed by atoms with Gasteiger partial charge in [-0.05, 0) is 19.5 Å². The van der Waals surface area contributed by atoms with E-state index in [1.54, 1.807) is 13.0 Å². The van der Waals surface area contributed by atoms with Gasteiger partial charge in [0.05, 0.1) is 12.0 Å². The zero-order chi connectivity index (χ0) is 9.19. The molecule has 0 amide bonds. The van der Waals surface area contributed by atoms with Crippen LogP contribution in [0.4, 0.5) is 4.39 Å². The molecule has 70 valence electrons. The minimum atomic E-state index is -0.672. The molecule has 0 fully saturated rings. The summed E-state index contributed by atoms with van der Waals surface area (Å²) in [5.41, 5.74) is -0.672. The van der Waals surface area contributed by atoms with E-state index in [1.165, 1.54) is 0 Å². The van der Waals surface area contributed by atoms with E-state index in [0.29, 0.717) is 13.1 Å². The lowest BCUT2D eigenvalue weighted by atomic mass is 9.87. The molecular formula is C9H16FNO. The SMILES string of the molecule is CCN1CC=C(F)C(C)(CO)C1. The molecule has 0 saturated carbocycles. The van der Waals surface area contributed by atoms with Crippen LogP contribution in [0, 0.1) is 5.41 Å². The Kier molecular flexibility index (Phi) is 2.85. The Labute approximate surface area is 72.7 Å². The number of hydrogen-bond acceptors (Lipinski definition) is 2. The Morgan fingerprint density at radius 3 is 2.92 bits per heavy atom. The maximum absolute atomic E-state index is 13.2. The number of likely N-dealkylation sites (N-methyl/N-ethyl adjacent to an activating group) is 1. The van der Waals surface area contributed by atoms with Crippen molar-refractivity contribution in [3.63, 3.8) is 0 Å². The molecular weight excluding hydrogens is 157 g/mol. The molecule has 1 N–H and O–H groups in total. The van der Waals surface area contributed by atoms with Gasteiger partial charge >= 0.3 is 0 Å². The largest absolute Gasteiger partial charge is 0.395 e. The molecule has 2 nitrogen and oxygen atoms in total. The van der Waals surface area contributed by atoms with E-state index in [4.69, 9.17) is 5.11 Å². The second kappa shape index (κ2) is 3.54. The molecule has 3 heteroatoms. The molecule has 0 spiro atoms. The van der Waals surface area contributed by atoms with Gasteiger partial charge in [-0.15, -0.1) is 0 Å². The molecule has 12 heavy (non-hydrogen) atoms. The fourth-order valence-corrected chi connectivity index (χ4v) is 1.46. The molecule has 0 aliphatic carbocycles. The highest BCUT2D eigenvalue weighted by Crippen LogP contribution is 2.31. The highest BCUT2D eigenvalue weighted by molar-refractivity contribution is 5.11. The number of hydrogen-bond donors (Lipinski definition) is 1. The first-order valence-electron chi connectivity index (χ1n) is 4.32. The first kappa shape index (κ1) is 9.68. The second-order valence-corrected chi connectivity index (χ2v) is 3.60. The van der Waals surface area contributed by atoms with Gasteiger partial charge in [0.1, 0.15) is 5.83 Å². The summed E-state index contributed by atoms with van der Waals surface area (Å²) in [6.07, 6.45) is 1.56. The highest BCUT2D eigenvalue weighted by Gasteiger charge is 2.33. The van der Waals surface area contributed by atoms with Crippen LogP contribution in [0.2, 0.25) is 0 Å². The smallest absolute Gasteiger partial charge is 0.107 e. The van der Waals surface area contributed by atoms with E-state index in [0.717, 1.165) is 6.54 Å². The minimum absolute atomic E-state index is 0.119. The van der Waals surface area contributed by atoms with Gasteiger partial charge < -0.3 is 5.11 Å². The Bertz CT molecular complexity index is 193. The van der Waals surface area contributed by atoms with Gasteiger partial charge in [-0.25, -0.2) is 4.39 Å². The average molecular weight is 173 g/mol. The van der Waals surface area contributed by atoms with Crippen LogP contribution in [0.1, 0.15) is 13.8 Å². The van der Waals surface area contributed by atoms with Crippen molar-refractivity contribution in [1.82, 2.24) is 4.90 Å². The lowest BCUT2D eigenvalue weighted by molar-refractivity contribution is 0.0921. The van der Waals surface area contributed by atoms with E-state index in [2.05, 4.69) is 4.90 Å². The Balaban J connectivity index is 2.74. The van der Waals surface area contributed by atoms with Crippen LogP contribution in [-0.4, -0.2) is 36.2 Å². The second-order valence-electron chi connectivity index (χ2n) is 3.60. The van der Waals surface area contributed by atoms with E-state index in [9.17, 15) is 4.39 Å². The van der Waals surface area contributed by atoms with Gasteiger partial charge in [-0.3, -0.25) is 4.90 Å². The molecule has 1 atom stereocenters. The van der Waals surface area contributed by atoms with Crippen molar-refractivity contribution in [3.8, 4) is 0 Å². The number of aliphatic hydroxyl groups excluding tert-OH is 1. The molecule has 0 radical (unpaired) electrons. The number of rotatable bonds is 2. The summed E-state index contributed by atoms with van der Waals surface area (Å²) in [5.74, 6) is -0.172. The van der Waals surface area contributed by atoms with E-state index >= 15 is 0 Å². The molecule has 1 aliphatic heterocycles. The Hall–Kier alpha value is -0.410. The fraction of sp³-hybridized carbons (Fsp3) is 0.778. The van der Waals surface area contributed by atoms with Crippen molar-refractivity contribution in [2.24, 2.45) is 5.41 Å². The van der Waals surface area contributed by atoms with Crippen LogP contribution < -0.4 is 0 Å². The molecule has 1 rings (SSSR count). The van der Waals surface area contributed by atoms with Crippen molar-refractivity contribution < 1.29 is 9.50 Å². The topological polar surface area (TPSA) is 23.5 Å². The molecule has 0 aromatic rings.